The first-order valence-electron chi connectivity index (χ1n) is 6.83. The van der Waals surface area contributed by atoms with Gasteiger partial charge in [0.05, 0.1) is 19.1 Å². The summed E-state index contributed by atoms with van der Waals surface area (Å²) in [7, 11) is 0. The number of anilines is 1. The van der Waals surface area contributed by atoms with E-state index in [1.165, 1.54) is 0 Å². The Hall–Kier alpha value is -2.56. The quantitative estimate of drug-likeness (QED) is 0.798. The summed E-state index contributed by atoms with van der Waals surface area (Å²) in [6.45, 7) is 2.24. The number of benzene rings is 1. The number of nitrogens with zero attached hydrogens (tertiary/aromatic N) is 1. The van der Waals surface area contributed by atoms with Gasteiger partial charge < -0.3 is 15.8 Å². The van der Waals surface area contributed by atoms with Crippen molar-refractivity contribution >= 4 is 11.6 Å². The van der Waals surface area contributed by atoms with Crippen LogP contribution < -0.4 is 15.8 Å². The van der Waals surface area contributed by atoms with Crippen LogP contribution in [0.3, 0.4) is 0 Å². The molecule has 0 saturated heterocycles. The minimum Gasteiger partial charge on any atom is -0.493 e. The first-order chi connectivity index (χ1) is 10.1. The molecule has 110 valence electrons. The van der Waals surface area contributed by atoms with Crippen LogP contribution in [0, 0.1) is 0 Å². The van der Waals surface area contributed by atoms with Gasteiger partial charge in [0.2, 0.25) is 5.91 Å². The van der Waals surface area contributed by atoms with Crippen LogP contribution in [0.1, 0.15) is 24.9 Å². The summed E-state index contributed by atoms with van der Waals surface area (Å²) in [5.41, 5.74) is 7.27. The Bertz CT molecular complexity index is 587. The molecular weight excluding hydrogens is 266 g/mol. The zero-order valence-electron chi connectivity index (χ0n) is 12.0. The van der Waals surface area contributed by atoms with E-state index in [2.05, 4.69) is 10.3 Å². The lowest BCUT2D eigenvalue weighted by molar-refractivity contribution is -0.122. The number of nitrogen functional groups attached to an aromatic ring is 1. The normalized spacial score (nSPS) is 11.7. The van der Waals surface area contributed by atoms with Crippen LogP contribution in [-0.2, 0) is 4.79 Å². The topological polar surface area (TPSA) is 77.2 Å². The number of hydrogen-bond donors (Lipinski definition) is 2. The Morgan fingerprint density at radius 1 is 1.38 bits per heavy atom. The third-order valence-electron chi connectivity index (χ3n) is 3.02. The monoisotopic (exact) mass is 285 g/mol. The third kappa shape index (κ3) is 4.80. The van der Waals surface area contributed by atoms with Gasteiger partial charge in [-0.1, -0.05) is 12.1 Å². The molecule has 3 N–H and O–H groups in total. The summed E-state index contributed by atoms with van der Waals surface area (Å²) in [5, 5.41) is 2.91. The van der Waals surface area contributed by atoms with Crippen LogP contribution in [0.5, 0.6) is 5.75 Å². The number of carbonyl (C=O) groups is 1. The van der Waals surface area contributed by atoms with Gasteiger partial charge in [-0.15, -0.1) is 0 Å². The highest BCUT2D eigenvalue weighted by molar-refractivity contribution is 5.76. The van der Waals surface area contributed by atoms with Crippen LogP contribution in [0.4, 0.5) is 5.69 Å². The molecule has 0 saturated carbocycles. The molecule has 0 aliphatic carbocycles. The van der Waals surface area contributed by atoms with Crippen molar-refractivity contribution in [1.82, 2.24) is 10.3 Å². The van der Waals surface area contributed by atoms with E-state index >= 15 is 0 Å². The van der Waals surface area contributed by atoms with Crippen molar-refractivity contribution in [2.24, 2.45) is 0 Å². The van der Waals surface area contributed by atoms with E-state index in [-0.39, 0.29) is 11.9 Å². The lowest BCUT2D eigenvalue weighted by Gasteiger charge is -2.14. The average molecular weight is 285 g/mol. The van der Waals surface area contributed by atoms with Crippen LogP contribution in [0.15, 0.2) is 48.8 Å². The Morgan fingerprint density at radius 3 is 2.95 bits per heavy atom. The lowest BCUT2D eigenvalue weighted by atomic mass is 10.1. The molecule has 1 heterocycles. The van der Waals surface area contributed by atoms with Gasteiger partial charge in [-0.25, -0.2) is 0 Å². The molecule has 2 aromatic rings. The number of ether oxygens (including phenoxy) is 1. The fourth-order valence-electron chi connectivity index (χ4n) is 1.90. The SMILES string of the molecule is CC(NC(=O)CCOc1cccc(N)c1)c1cccnc1. The molecule has 1 aromatic carbocycles. The van der Waals surface area contributed by atoms with Crippen molar-refractivity contribution in [3.63, 3.8) is 0 Å². The minimum atomic E-state index is -0.0708. The largest absolute Gasteiger partial charge is 0.493 e. The molecule has 0 radical (unpaired) electrons. The number of carbonyl (C=O) groups excluding carboxylic acids is 1. The predicted molar refractivity (Wildman–Crippen MR) is 81.8 cm³/mol. The molecule has 5 heteroatoms. The van der Waals surface area contributed by atoms with E-state index in [9.17, 15) is 4.79 Å². The summed E-state index contributed by atoms with van der Waals surface area (Å²) in [4.78, 5) is 15.9. The van der Waals surface area contributed by atoms with E-state index in [0.29, 0.717) is 24.5 Å². The fraction of sp³-hybridized carbons (Fsp3) is 0.250. The Kier molecular flexibility index (Phi) is 5.15. The van der Waals surface area contributed by atoms with Crippen molar-refractivity contribution in [2.75, 3.05) is 12.3 Å². The molecule has 0 fully saturated rings. The number of nitrogens with one attached hydrogen (secondary N) is 1. The molecule has 0 bridgehead atoms. The molecule has 1 amide bonds. The summed E-state index contributed by atoms with van der Waals surface area (Å²) in [6.07, 6.45) is 3.74. The van der Waals surface area contributed by atoms with Gasteiger partial charge in [0.25, 0.3) is 0 Å². The molecule has 0 aliphatic heterocycles. The molecule has 1 aromatic heterocycles. The molecule has 0 spiro atoms. The number of aromatic nitrogens is 1. The Balaban J connectivity index is 1.75. The minimum absolute atomic E-state index is 0.0599. The van der Waals surface area contributed by atoms with Gasteiger partial charge in [0, 0.05) is 24.1 Å². The van der Waals surface area contributed by atoms with E-state index in [1.807, 2.05) is 31.2 Å². The summed E-state index contributed by atoms with van der Waals surface area (Å²) < 4.78 is 5.49. The maximum atomic E-state index is 11.8. The molecule has 2 rings (SSSR count). The zero-order chi connectivity index (χ0) is 15.1. The van der Waals surface area contributed by atoms with Crippen molar-refractivity contribution in [1.29, 1.82) is 0 Å². The predicted octanol–water partition coefficient (Wildman–Crippen LogP) is 2.31. The fourth-order valence-corrected chi connectivity index (χ4v) is 1.90. The van der Waals surface area contributed by atoms with Crippen molar-refractivity contribution in [2.45, 2.75) is 19.4 Å². The van der Waals surface area contributed by atoms with E-state index in [4.69, 9.17) is 10.5 Å². The Labute approximate surface area is 124 Å². The highest BCUT2D eigenvalue weighted by Gasteiger charge is 2.09. The first kappa shape index (κ1) is 14.8. The lowest BCUT2D eigenvalue weighted by Crippen LogP contribution is -2.27. The number of amides is 1. The number of rotatable bonds is 6. The number of pyridine rings is 1. The standard InChI is InChI=1S/C16H19N3O2/c1-12(13-4-3-8-18-11-13)19-16(20)7-9-21-15-6-2-5-14(17)10-15/h2-6,8,10-12H,7,9,17H2,1H3,(H,19,20). The molecular formula is C16H19N3O2. The van der Waals surface area contributed by atoms with Gasteiger partial charge in [0.15, 0.2) is 0 Å². The highest BCUT2D eigenvalue weighted by atomic mass is 16.5. The second-order valence-corrected chi connectivity index (χ2v) is 4.75. The first-order valence-corrected chi connectivity index (χ1v) is 6.83. The third-order valence-corrected chi connectivity index (χ3v) is 3.02. The van der Waals surface area contributed by atoms with Crippen LogP contribution >= 0.6 is 0 Å². The number of nitrogens with two attached hydrogens (primary N) is 1. The van der Waals surface area contributed by atoms with Gasteiger partial charge >= 0.3 is 0 Å². The molecule has 1 atom stereocenters. The summed E-state index contributed by atoms with van der Waals surface area (Å²) >= 11 is 0. The second-order valence-electron chi connectivity index (χ2n) is 4.75. The molecule has 21 heavy (non-hydrogen) atoms. The van der Waals surface area contributed by atoms with Gasteiger partial charge in [0.1, 0.15) is 5.75 Å². The second kappa shape index (κ2) is 7.28. The van der Waals surface area contributed by atoms with Crippen molar-refractivity contribution in [3.8, 4) is 5.75 Å². The van der Waals surface area contributed by atoms with Gasteiger partial charge in [-0.3, -0.25) is 9.78 Å². The molecule has 5 nitrogen and oxygen atoms in total. The molecule has 1 unspecified atom stereocenters. The summed E-state index contributed by atoms with van der Waals surface area (Å²) in [5.74, 6) is 0.610. The summed E-state index contributed by atoms with van der Waals surface area (Å²) in [6, 6.07) is 10.9. The van der Waals surface area contributed by atoms with Gasteiger partial charge in [-0.05, 0) is 30.7 Å². The van der Waals surface area contributed by atoms with E-state index in [0.717, 1.165) is 5.56 Å². The van der Waals surface area contributed by atoms with E-state index < -0.39 is 0 Å². The van der Waals surface area contributed by atoms with Crippen LogP contribution in [0.2, 0.25) is 0 Å². The maximum Gasteiger partial charge on any atom is 0.223 e. The van der Waals surface area contributed by atoms with Crippen LogP contribution in [-0.4, -0.2) is 17.5 Å². The average Bonchev–Trinajstić information content (AvgIpc) is 2.48. The zero-order valence-corrected chi connectivity index (χ0v) is 12.0. The highest BCUT2D eigenvalue weighted by Crippen LogP contribution is 2.14. The van der Waals surface area contributed by atoms with Crippen molar-refractivity contribution < 1.29 is 9.53 Å². The van der Waals surface area contributed by atoms with Gasteiger partial charge in [-0.2, -0.15) is 0 Å². The number of hydrogen-bond acceptors (Lipinski definition) is 4. The van der Waals surface area contributed by atoms with Crippen molar-refractivity contribution in [3.05, 3.63) is 54.4 Å². The smallest absolute Gasteiger partial charge is 0.223 e. The van der Waals surface area contributed by atoms with E-state index in [1.54, 1.807) is 24.5 Å². The Morgan fingerprint density at radius 2 is 2.24 bits per heavy atom. The maximum absolute atomic E-state index is 11.8. The van der Waals surface area contributed by atoms with Crippen LogP contribution in [0.25, 0.3) is 0 Å². The molecule has 0 aliphatic rings.